The summed E-state index contributed by atoms with van der Waals surface area (Å²) in [7, 11) is 1.76. The van der Waals surface area contributed by atoms with Crippen LogP contribution < -0.4 is 10.6 Å². The molecular weight excluding hydrogens is 268 g/mol. The molecule has 0 spiro atoms. The zero-order valence-corrected chi connectivity index (χ0v) is 13.5. The quantitative estimate of drug-likeness (QED) is 0.728. The topological polar surface area (TPSA) is 70.6 Å². The van der Waals surface area contributed by atoms with Crippen molar-refractivity contribution in [2.24, 2.45) is 5.41 Å². The van der Waals surface area contributed by atoms with E-state index in [0.29, 0.717) is 0 Å². The second-order valence-corrected chi connectivity index (χ2v) is 6.58. The number of hydrogen-bond acceptors (Lipinski definition) is 3. The first kappa shape index (κ1) is 16.6. The van der Waals surface area contributed by atoms with Crippen molar-refractivity contribution >= 4 is 6.03 Å². The smallest absolute Gasteiger partial charge is 0.315 e. The molecule has 2 aliphatic carbocycles. The molecule has 2 fully saturated rings. The van der Waals surface area contributed by atoms with Crippen molar-refractivity contribution in [2.75, 3.05) is 7.11 Å². The van der Waals surface area contributed by atoms with Crippen molar-refractivity contribution < 1.29 is 14.6 Å². The highest BCUT2D eigenvalue weighted by atomic mass is 16.5. The van der Waals surface area contributed by atoms with Gasteiger partial charge >= 0.3 is 6.03 Å². The van der Waals surface area contributed by atoms with Crippen molar-refractivity contribution in [1.29, 1.82) is 0 Å². The van der Waals surface area contributed by atoms with Gasteiger partial charge in [0.25, 0.3) is 0 Å². The Kier molecular flexibility index (Phi) is 5.49. The number of carbonyl (C=O) groups excluding carboxylic acids is 1. The zero-order chi connectivity index (χ0) is 15.5. The van der Waals surface area contributed by atoms with Crippen molar-refractivity contribution in [1.82, 2.24) is 10.6 Å². The maximum atomic E-state index is 12.2. The van der Waals surface area contributed by atoms with Gasteiger partial charge < -0.3 is 20.5 Å². The van der Waals surface area contributed by atoms with Gasteiger partial charge in [-0.1, -0.05) is 13.8 Å². The summed E-state index contributed by atoms with van der Waals surface area (Å²) >= 11 is 0. The average molecular weight is 298 g/mol. The van der Waals surface area contributed by atoms with Crippen LogP contribution in [0, 0.1) is 5.41 Å². The number of amides is 2. The Morgan fingerprint density at radius 1 is 1.19 bits per heavy atom. The molecular formula is C16H30N2O3. The van der Waals surface area contributed by atoms with Crippen LogP contribution >= 0.6 is 0 Å². The van der Waals surface area contributed by atoms with Crippen LogP contribution in [0.25, 0.3) is 0 Å². The van der Waals surface area contributed by atoms with Crippen LogP contribution in [-0.2, 0) is 4.74 Å². The van der Waals surface area contributed by atoms with E-state index in [4.69, 9.17) is 4.74 Å². The molecule has 21 heavy (non-hydrogen) atoms. The monoisotopic (exact) mass is 298 g/mol. The van der Waals surface area contributed by atoms with Gasteiger partial charge in [-0.2, -0.15) is 0 Å². The number of ether oxygens (including phenoxy) is 1. The van der Waals surface area contributed by atoms with E-state index in [9.17, 15) is 9.90 Å². The Labute approximate surface area is 127 Å². The SMILES string of the molecule is CCC1(CC)C(NC(=O)NC2CCC(O)CC2)CC1OC. The van der Waals surface area contributed by atoms with Crippen molar-refractivity contribution in [3.63, 3.8) is 0 Å². The molecule has 2 unspecified atom stereocenters. The predicted molar refractivity (Wildman–Crippen MR) is 82.1 cm³/mol. The second-order valence-electron chi connectivity index (χ2n) is 6.58. The van der Waals surface area contributed by atoms with E-state index in [1.165, 1.54) is 0 Å². The highest BCUT2D eigenvalue weighted by Crippen LogP contribution is 2.48. The summed E-state index contributed by atoms with van der Waals surface area (Å²) < 4.78 is 5.56. The molecule has 0 aliphatic heterocycles. The van der Waals surface area contributed by atoms with E-state index in [2.05, 4.69) is 24.5 Å². The lowest BCUT2D eigenvalue weighted by atomic mass is 9.58. The zero-order valence-electron chi connectivity index (χ0n) is 13.5. The Hall–Kier alpha value is -0.810. The lowest BCUT2D eigenvalue weighted by molar-refractivity contribution is -0.120. The molecule has 2 amide bonds. The number of methoxy groups -OCH3 is 1. The van der Waals surface area contributed by atoms with Crippen LogP contribution in [0.4, 0.5) is 4.79 Å². The average Bonchev–Trinajstić information content (AvgIpc) is 2.47. The molecule has 0 radical (unpaired) electrons. The lowest BCUT2D eigenvalue weighted by Crippen LogP contribution is -2.65. The molecule has 5 heteroatoms. The van der Waals surface area contributed by atoms with Gasteiger partial charge in [0.2, 0.25) is 0 Å². The van der Waals surface area contributed by atoms with Gasteiger partial charge in [-0.15, -0.1) is 0 Å². The summed E-state index contributed by atoms with van der Waals surface area (Å²) in [5.74, 6) is 0. The minimum atomic E-state index is -0.187. The molecule has 0 bridgehead atoms. The van der Waals surface area contributed by atoms with Gasteiger partial charge in [0.1, 0.15) is 0 Å². The fraction of sp³-hybridized carbons (Fsp3) is 0.938. The van der Waals surface area contributed by atoms with E-state index in [-0.39, 0.29) is 35.7 Å². The number of carbonyl (C=O) groups is 1. The molecule has 0 saturated heterocycles. The van der Waals surface area contributed by atoms with Gasteiger partial charge in [0, 0.05) is 24.6 Å². The van der Waals surface area contributed by atoms with E-state index in [1.807, 2.05) is 0 Å². The molecule has 2 aliphatic rings. The first-order valence-electron chi connectivity index (χ1n) is 8.33. The fourth-order valence-electron chi connectivity index (χ4n) is 4.08. The van der Waals surface area contributed by atoms with Crippen LogP contribution in [0.2, 0.25) is 0 Å². The largest absolute Gasteiger partial charge is 0.393 e. The van der Waals surface area contributed by atoms with E-state index in [0.717, 1.165) is 44.9 Å². The number of urea groups is 1. The molecule has 5 nitrogen and oxygen atoms in total. The van der Waals surface area contributed by atoms with Crippen LogP contribution in [0.3, 0.4) is 0 Å². The molecule has 2 atom stereocenters. The number of rotatable bonds is 5. The summed E-state index contributed by atoms with van der Waals surface area (Å²) in [6.45, 7) is 4.34. The van der Waals surface area contributed by atoms with Gasteiger partial charge in [0.15, 0.2) is 0 Å². The van der Waals surface area contributed by atoms with Crippen LogP contribution in [0.15, 0.2) is 0 Å². The first-order valence-corrected chi connectivity index (χ1v) is 8.33. The van der Waals surface area contributed by atoms with E-state index >= 15 is 0 Å². The Bertz CT molecular complexity index is 349. The first-order chi connectivity index (χ1) is 10.1. The van der Waals surface area contributed by atoms with Gasteiger partial charge in [-0.05, 0) is 44.9 Å². The molecule has 3 N–H and O–H groups in total. The number of aliphatic hydroxyl groups excluding tert-OH is 1. The Balaban J connectivity index is 1.82. The highest BCUT2D eigenvalue weighted by molar-refractivity contribution is 5.75. The van der Waals surface area contributed by atoms with Crippen LogP contribution in [-0.4, -0.2) is 42.5 Å². The maximum absolute atomic E-state index is 12.2. The van der Waals surface area contributed by atoms with Crippen LogP contribution in [0.5, 0.6) is 0 Å². The highest BCUT2D eigenvalue weighted by Gasteiger charge is 2.53. The summed E-state index contributed by atoms with van der Waals surface area (Å²) in [5, 5.41) is 15.7. The van der Waals surface area contributed by atoms with Crippen molar-refractivity contribution in [2.45, 2.75) is 83.1 Å². The van der Waals surface area contributed by atoms with Crippen molar-refractivity contribution in [3.8, 4) is 0 Å². The molecule has 122 valence electrons. The lowest BCUT2D eigenvalue weighted by Gasteiger charge is -2.55. The summed E-state index contributed by atoms with van der Waals surface area (Å²) in [6.07, 6.45) is 6.30. The van der Waals surface area contributed by atoms with Gasteiger partial charge in [0.05, 0.1) is 12.2 Å². The summed E-state index contributed by atoms with van der Waals surface area (Å²) in [6, 6.07) is 0.332. The standard InChI is InChI=1S/C16H30N2O3/c1-4-16(5-2)13(10-14(16)21-3)18-15(20)17-11-6-8-12(19)9-7-11/h11-14,19H,4-10H2,1-3H3,(H2,17,18,20). The normalized spacial score (nSPS) is 34.9. The number of nitrogens with one attached hydrogen (secondary N) is 2. The molecule has 0 aromatic carbocycles. The third kappa shape index (κ3) is 3.34. The maximum Gasteiger partial charge on any atom is 0.315 e. The summed E-state index contributed by atoms with van der Waals surface area (Å²) in [4.78, 5) is 12.2. The predicted octanol–water partition coefficient (Wildman–Crippen LogP) is 2.18. The minimum Gasteiger partial charge on any atom is -0.393 e. The van der Waals surface area contributed by atoms with Gasteiger partial charge in [-0.25, -0.2) is 4.79 Å². The van der Waals surface area contributed by atoms with E-state index < -0.39 is 0 Å². The molecule has 2 saturated carbocycles. The third-order valence-electron chi connectivity index (χ3n) is 5.72. The fourth-order valence-corrected chi connectivity index (χ4v) is 4.08. The van der Waals surface area contributed by atoms with Crippen molar-refractivity contribution in [3.05, 3.63) is 0 Å². The Morgan fingerprint density at radius 2 is 1.81 bits per heavy atom. The van der Waals surface area contributed by atoms with Crippen LogP contribution in [0.1, 0.15) is 58.8 Å². The molecule has 0 aromatic heterocycles. The summed E-state index contributed by atoms with van der Waals surface area (Å²) in [5.41, 5.74) is 0.0782. The van der Waals surface area contributed by atoms with E-state index in [1.54, 1.807) is 7.11 Å². The molecule has 2 rings (SSSR count). The molecule has 0 aromatic rings. The third-order valence-corrected chi connectivity index (χ3v) is 5.72. The van der Waals surface area contributed by atoms with Gasteiger partial charge in [-0.3, -0.25) is 0 Å². The molecule has 0 heterocycles. The Morgan fingerprint density at radius 3 is 2.33 bits per heavy atom. The number of hydrogen-bond donors (Lipinski definition) is 3. The minimum absolute atomic E-state index is 0.0674. The number of aliphatic hydroxyl groups is 1. The second kappa shape index (κ2) is 6.97.